The SMILES string of the molecule is C=C(C)[N+](C)(C)C1C(C)CC1OC(=O)C(C)(C(C)(CC)CC)C(C)(CC)CC. The Balaban J connectivity index is 3.31. The lowest BCUT2D eigenvalue weighted by Gasteiger charge is -2.56. The third-order valence-corrected chi connectivity index (χ3v) is 9.50. The van der Waals surface area contributed by atoms with Crippen molar-refractivity contribution in [2.24, 2.45) is 22.2 Å². The number of allylic oxidation sites excluding steroid dienone is 1. The van der Waals surface area contributed by atoms with Gasteiger partial charge in [0.1, 0.15) is 6.04 Å². The van der Waals surface area contributed by atoms with Gasteiger partial charge in [-0.15, -0.1) is 0 Å². The quantitative estimate of drug-likeness (QED) is 0.309. The molecule has 3 heteroatoms. The summed E-state index contributed by atoms with van der Waals surface area (Å²) < 4.78 is 7.09. The van der Waals surface area contributed by atoms with Crippen LogP contribution in [0.15, 0.2) is 12.3 Å². The van der Waals surface area contributed by atoms with Crippen molar-refractivity contribution in [1.29, 1.82) is 0 Å². The number of nitrogens with zero attached hydrogens (tertiary/aromatic N) is 1. The maximum absolute atomic E-state index is 13.9. The van der Waals surface area contributed by atoms with Crippen molar-refractivity contribution in [2.75, 3.05) is 14.1 Å². The number of esters is 1. The molecule has 0 N–H and O–H groups in total. The van der Waals surface area contributed by atoms with Crippen LogP contribution in [0, 0.1) is 22.2 Å². The van der Waals surface area contributed by atoms with E-state index >= 15 is 0 Å². The Bertz CT molecular complexity index is 551. The van der Waals surface area contributed by atoms with E-state index < -0.39 is 5.41 Å². The van der Waals surface area contributed by atoms with Crippen LogP contribution in [0.3, 0.4) is 0 Å². The highest BCUT2D eigenvalue weighted by Crippen LogP contribution is 2.59. The molecule has 3 unspecified atom stereocenters. The summed E-state index contributed by atoms with van der Waals surface area (Å²) in [5.41, 5.74) is 0.416. The molecule has 0 saturated heterocycles. The lowest BCUT2D eigenvalue weighted by atomic mass is 9.49. The average molecular weight is 395 g/mol. The zero-order chi connectivity index (χ0) is 22.1. The first-order valence-corrected chi connectivity index (χ1v) is 11.4. The summed E-state index contributed by atoms with van der Waals surface area (Å²) in [5.74, 6) is 0.539. The summed E-state index contributed by atoms with van der Waals surface area (Å²) >= 11 is 0. The highest BCUT2D eigenvalue weighted by molar-refractivity contribution is 5.79. The number of likely N-dealkylation sites (N-methyl/N-ethyl adjacent to an activating group) is 1. The molecule has 1 rings (SSSR count). The summed E-state index contributed by atoms with van der Waals surface area (Å²) in [6.07, 6.45) is 4.82. The van der Waals surface area contributed by atoms with Gasteiger partial charge >= 0.3 is 5.97 Å². The first-order chi connectivity index (χ1) is 12.7. The number of rotatable bonds is 10. The molecule has 0 amide bonds. The van der Waals surface area contributed by atoms with E-state index in [-0.39, 0.29) is 28.9 Å². The first-order valence-electron chi connectivity index (χ1n) is 11.4. The molecule has 0 radical (unpaired) electrons. The molecule has 0 aromatic rings. The van der Waals surface area contributed by atoms with Gasteiger partial charge in [-0.05, 0) is 56.4 Å². The van der Waals surface area contributed by atoms with E-state index in [0.29, 0.717) is 10.4 Å². The van der Waals surface area contributed by atoms with Gasteiger partial charge in [0.25, 0.3) is 0 Å². The van der Waals surface area contributed by atoms with Crippen LogP contribution in [0.25, 0.3) is 0 Å². The maximum Gasteiger partial charge on any atom is 0.313 e. The second-order valence-electron chi connectivity index (χ2n) is 10.6. The van der Waals surface area contributed by atoms with Gasteiger partial charge in [-0.1, -0.05) is 48.5 Å². The number of ether oxygens (including phenoxy) is 1. The minimum Gasteiger partial charge on any atom is -0.456 e. The van der Waals surface area contributed by atoms with Gasteiger partial charge in [0.05, 0.1) is 25.2 Å². The number of hydrogen-bond donors (Lipinski definition) is 0. The molecule has 1 aliphatic carbocycles. The predicted molar refractivity (Wildman–Crippen MR) is 120 cm³/mol. The lowest BCUT2D eigenvalue weighted by Crippen LogP contribution is -2.65. The van der Waals surface area contributed by atoms with Gasteiger partial charge in [-0.3, -0.25) is 9.28 Å². The first kappa shape index (κ1) is 25.2. The van der Waals surface area contributed by atoms with E-state index in [0.717, 1.165) is 37.8 Å². The zero-order valence-electron chi connectivity index (χ0n) is 20.7. The van der Waals surface area contributed by atoms with Crippen LogP contribution in [0.1, 0.15) is 94.4 Å². The van der Waals surface area contributed by atoms with Gasteiger partial charge in [-0.25, -0.2) is 0 Å². The minimum atomic E-state index is -0.517. The fraction of sp³-hybridized carbons (Fsp3) is 0.880. The van der Waals surface area contributed by atoms with Crippen LogP contribution < -0.4 is 0 Å². The molecule has 0 heterocycles. The fourth-order valence-corrected chi connectivity index (χ4v) is 5.63. The Labute approximate surface area is 175 Å². The van der Waals surface area contributed by atoms with Crippen molar-refractivity contribution >= 4 is 5.97 Å². The molecule has 28 heavy (non-hydrogen) atoms. The Morgan fingerprint density at radius 1 is 1.00 bits per heavy atom. The summed E-state index contributed by atoms with van der Waals surface area (Å²) in [7, 11) is 4.38. The van der Waals surface area contributed by atoms with Crippen LogP contribution >= 0.6 is 0 Å². The Morgan fingerprint density at radius 3 is 1.68 bits per heavy atom. The maximum atomic E-state index is 13.9. The molecule has 3 nitrogen and oxygen atoms in total. The molecule has 0 spiro atoms. The van der Waals surface area contributed by atoms with Crippen LogP contribution in [0.4, 0.5) is 0 Å². The van der Waals surface area contributed by atoms with E-state index in [9.17, 15) is 4.79 Å². The monoisotopic (exact) mass is 394 g/mol. The van der Waals surface area contributed by atoms with E-state index in [1.807, 2.05) is 0 Å². The molecule has 0 aromatic carbocycles. The molecule has 1 saturated carbocycles. The van der Waals surface area contributed by atoms with E-state index in [2.05, 4.69) is 83.0 Å². The second-order valence-corrected chi connectivity index (χ2v) is 10.6. The largest absolute Gasteiger partial charge is 0.456 e. The lowest BCUT2D eigenvalue weighted by molar-refractivity contribution is -0.893. The van der Waals surface area contributed by atoms with E-state index in [4.69, 9.17) is 4.74 Å². The van der Waals surface area contributed by atoms with Crippen molar-refractivity contribution in [1.82, 2.24) is 0 Å². The van der Waals surface area contributed by atoms with Crippen LogP contribution in [0.5, 0.6) is 0 Å². The molecule has 1 aliphatic rings. The van der Waals surface area contributed by atoms with Gasteiger partial charge in [0, 0.05) is 12.8 Å². The van der Waals surface area contributed by atoms with Crippen molar-refractivity contribution < 1.29 is 14.0 Å². The number of carbonyl (C=O) groups is 1. The Hall–Kier alpha value is -0.830. The third kappa shape index (κ3) is 3.68. The van der Waals surface area contributed by atoms with E-state index in [1.165, 1.54) is 0 Å². The minimum absolute atomic E-state index is 0.00788. The smallest absolute Gasteiger partial charge is 0.313 e. The Kier molecular flexibility index (Phi) is 7.65. The summed E-state index contributed by atoms with van der Waals surface area (Å²) in [5, 5.41) is 0. The highest BCUT2D eigenvalue weighted by Gasteiger charge is 2.60. The van der Waals surface area contributed by atoms with E-state index in [1.54, 1.807) is 0 Å². The molecular weight excluding hydrogens is 346 g/mol. The number of hydrogen-bond acceptors (Lipinski definition) is 2. The zero-order valence-corrected chi connectivity index (χ0v) is 20.7. The van der Waals surface area contributed by atoms with Gasteiger partial charge in [0.15, 0.2) is 6.10 Å². The fourth-order valence-electron chi connectivity index (χ4n) is 5.63. The third-order valence-electron chi connectivity index (χ3n) is 9.50. The normalized spacial score (nSPS) is 23.9. The van der Waals surface area contributed by atoms with Crippen LogP contribution in [-0.2, 0) is 9.53 Å². The van der Waals surface area contributed by atoms with Crippen molar-refractivity contribution in [3.8, 4) is 0 Å². The average Bonchev–Trinajstić information content (AvgIpc) is 2.64. The van der Waals surface area contributed by atoms with Crippen molar-refractivity contribution in [2.45, 2.75) is 107 Å². The highest BCUT2D eigenvalue weighted by atomic mass is 16.5. The summed E-state index contributed by atoms with van der Waals surface area (Å²) in [6, 6.07) is 0.287. The molecule has 0 bridgehead atoms. The second kappa shape index (κ2) is 8.50. The standard InChI is InChI=1S/C25H48NO2/c1-13-23(8,14-2)25(10,24(9,15-3)16-4)22(27)28-20-17-19(7)21(20)26(11,12)18(5)6/h19-21H,5,13-17H2,1-4,6-12H3/q+1. The molecule has 0 aliphatic heterocycles. The molecule has 3 atom stereocenters. The molecule has 1 fully saturated rings. The molecular formula is C25H48NO2+. The summed E-state index contributed by atoms with van der Waals surface area (Å²) in [4.78, 5) is 13.9. The molecule has 164 valence electrons. The van der Waals surface area contributed by atoms with Crippen LogP contribution in [0.2, 0.25) is 0 Å². The summed E-state index contributed by atoms with van der Waals surface area (Å²) in [6.45, 7) is 24.2. The molecule has 0 aromatic heterocycles. The van der Waals surface area contributed by atoms with Gasteiger partial charge < -0.3 is 4.74 Å². The number of carbonyl (C=O) groups excluding carboxylic acids is 1. The Morgan fingerprint density at radius 2 is 1.39 bits per heavy atom. The van der Waals surface area contributed by atoms with Gasteiger partial charge in [0.2, 0.25) is 0 Å². The van der Waals surface area contributed by atoms with Crippen molar-refractivity contribution in [3.05, 3.63) is 12.3 Å². The topological polar surface area (TPSA) is 26.3 Å². The predicted octanol–water partition coefficient (Wildman–Crippen LogP) is 6.58. The van der Waals surface area contributed by atoms with Crippen LogP contribution in [-0.4, -0.2) is 36.7 Å². The van der Waals surface area contributed by atoms with Gasteiger partial charge in [-0.2, -0.15) is 0 Å². The van der Waals surface area contributed by atoms with Crippen molar-refractivity contribution in [3.63, 3.8) is 0 Å². The number of quaternary nitrogens is 1.